The monoisotopic (exact) mass is 466 g/mol. The van der Waals surface area contributed by atoms with Crippen LogP contribution in [0.5, 0.6) is 0 Å². The Kier molecular flexibility index (Phi) is 9.47. The molecule has 34 heavy (non-hydrogen) atoms. The third-order valence-electron chi connectivity index (χ3n) is 4.88. The average molecular weight is 467 g/mol. The summed E-state index contributed by atoms with van der Waals surface area (Å²) in [4.78, 5) is 55.4. The first kappa shape index (κ1) is 26.7. The molecule has 0 saturated carbocycles. The number of carbonyl (C=O) groups excluding carboxylic acids is 4. The lowest BCUT2D eigenvalue weighted by molar-refractivity contribution is -0.141. The Morgan fingerprint density at radius 3 is 2.15 bits per heavy atom. The quantitative estimate of drug-likeness (QED) is 0.465. The zero-order valence-electron chi connectivity index (χ0n) is 20.4. The van der Waals surface area contributed by atoms with Crippen molar-refractivity contribution in [2.75, 3.05) is 0 Å². The van der Waals surface area contributed by atoms with Crippen molar-refractivity contribution < 1.29 is 19.2 Å². The minimum absolute atomic E-state index is 0.0948. The Morgan fingerprint density at radius 2 is 1.59 bits per heavy atom. The molecule has 2 aromatic rings. The smallest absolute Gasteiger partial charge is 0.290 e. The Balaban J connectivity index is 2.24. The van der Waals surface area contributed by atoms with E-state index in [2.05, 4.69) is 20.9 Å². The lowest BCUT2D eigenvalue weighted by Crippen LogP contribution is -2.56. The standard InChI is InChI=1S/C26H34N4O4/c1-17(2)14-21(29-23(32)19-12-9-13-27-16-19)24(33)28-20(15-18-10-7-6-8-11-18)22(31)25(34)30-26(3,4)5/h6-13,16-17,20-21H,14-15H2,1-5H3,(H,28,33)(H,29,32)(H,30,34). The van der Waals surface area contributed by atoms with Crippen LogP contribution >= 0.6 is 0 Å². The summed E-state index contributed by atoms with van der Waals surface area (Å²) in [6.07, 6.45) is 3.47. The molecule has 0 aliphatic carbocycles. The van der Waals surface area contributed by atoms with E-state index in [1.165, 1.54) is 6.20 Å². The Bertz CT molecular complexity index is 985. The molecule has 2 atom stereocenters. The molecule has 1 aromatic carbocycles. The van der Waals surface area contributed by atoms with Crippen molar-refractivity contribution in [3.63, 3.8) is 0 Å². The predicted molar refractivity (Wildman–Crippen MR) is 130 cm³/mol. The molecule has 2 rings (SSSR count). The summed E-state index contributed by atoms with van der Waals surface area (Å²) >= 11 is 0. The molecule has 0 saturated heterocycles. The van der Waals surface area contributed by atoms with E-state index in [0.29, 0.717) is 12.0 Å². The van der Waals surface area contributed by atoms with Crippen LogP contribution in [0.2, 0.25) is 0 Å². The van der Waals surface area contributed by atoms with Gasteiger partial charge in [-0.3, -0.25) is 24.2 Å². The highest BCUT2D eigenvalue weighted by molar-refractivity contribution is 6.38. The molecule has 0 aliphatic heterocycles. The first-order chi connectivity index (χ1) is 16.0. The van der Waals surface area contributed by atoms with Gasteiger partial charge in [0.1, 0.15) is 12.1 Å². The van der Waals surface area contributed by atoms with Crippen molar-refractivity contribution in [3.05, 3.63) is 66.0 Å². The lowest BCUT2D eigenvalue weighted by Gasteiger charge is -2.25. The highest BCUT2D eigenvalue weighted by Crippen LogP contribution is 2.10. The number of carbonyl (C=O) groups is 4. The lowest BCUT2D eigenvalue weighted by atomic mass is 9.98. The number of aromatic nitrogens is 1. The molecule has 3 amide bonds. The normalized spacial score (nSPS) is 13.0. The first-order valence-electron chi connectivity index (χ1n) is 11.4. The topological polar surface area (TPSA) is 117 Å². The number of hydrogen-bond donors (Lipinski definition) is 3. The minimum atomic E-state index is -1.08. The summed E-state index contributed by atoms with van der Waals surface area (Å²) in [6, 6.07) is 10.4. The van der Waals surface area contributed by atoms with E-state index in [4.69, 9.17) is 0 Å². The zero-order valence-corrected chi connectivity index (χ0v) is 20.4. The Hall–Kier alpha value is -3.55. The third-order valence-corrected chi connectivity index (χ3v) is 4.88. The van der Waals surface area contributed by atoms with Crippen molar-refractivity contribution in [2.24, 2.45) is 5.92 Å². The fourth-order valence-corrected chi connectivity index (χ4v) is 3.33. The van der Waals surface area contributed by atoms with Crippen LogP contribution in [0.4, 0.5) is 0 Å². The van der Waals surface area contributed by atoms with Crippen molar-refractivity contribution in [1.29, 1.82) is 0 Å². The highest BCUT2D eigenvalue weighted by atomic mass is 16.2. The van der Waals surface area contributed by atoms with Crippen molar-refractivity contribution in [1.82, 2.24) is 20.9 Å². The summed E-state index contributed by atoms with van der Waals surface area (Å²) in [5.41, 5.74) is 0.515. The number of benzene rings is 1. The summed E-state index contributed by atoms with van der Waals surface area (Å²) in [5, 5.41) is 8.11. The van der Waals surface area contributed by atoms with Gasteiger partial charge >= 0.3 is 0 Å². The van der Waals surface area contributed by atoms with Gasteiger partial charge < -0.3 is 16.0 Å². The van der Waals surface area contributed by atoms with Gasteiger partial charge in [0.25, 0.3) is 11.8 Å². The van der Waals surface area contributed by atoms with Crippen LogP contribution in [-0.4, -0.2) is 46.1 Å². The maximum Gasteiger partial charge on any atom is 0.290 e. The second-order valence-electron chi connectivity index (χ2n) is 9.72. The number of ketones is 1. The molecule has 1 aromatic heterocycles. The summed E-state index contributed by atoms with van der Waals surface area (Å²) in [6.45, 7) is 9.18. The van der Waals surface area contributed by atoms with Gasteiger partial charge in [-0.2, -0.15) is 0 Å². The molecule has 0 radical (unpaired) electrons. The second kappa shape index (κ2) is 12.1. The molecule has 1 heterocycles. The fourth-order valence-electron chi connectivity index (χ4n) is 3.33. The van der Waals surface area contributed by atoms with Gasteiger partial charge in [0.05, 0.1) is 5.56 Å². The number of Topliss-reactive ketones (excluding diaryl/α,β-unsaturated/α-hetero) is 1. The number of rotatable bonds is 10. The second-order valence-corrected chi connectivity index (χ2v) is 9.72. The zero-order chi connectivity index (χ0) is 25.3. The number of hydrogen-bond acceptors (Lipinski definition) is 5. The van der Waals surface area contributed by atoms with Crippen LogP contribution < -0.4 is 16.0 Å². The van der Waals surface area contributed by atoms with E-state index in [1.807, 2.05) is 44.2 Å². The van der Waals surface area contributed by atoms with E-state index in [0.717, 1.165) is 5.56 Å². The third kappa shape index (κ3) is 8.77. The molecule has 0 aliphatic rings. The number of amides is 3. The molecule has 0 bridgehead atoms. The molecule has 0 fully saturated rings. The Morgan fingerprint density at radius 1 is 0.912 bits per heavy atom. The van der Waals surface area contributed by atoms with Gasteiger partial charge in [-0.05, 0) is 50.8 Å². The average Bonchev–Trinajstić information content (AvgIpc) is 2.77. The largest absolute Gasteiger partial charge is 0.345 e. The molecule has 8 nitrogen and oxygen atoms in total. The van der Waals surface area contributed by atoms with E-state index in [1.54, 1.807) is 39.1 Å². The fraction of sp³-hybridized carbons (Fsp3) is 0.423. The van der Waals surface area contributed by atoms with Crippen molar-refractivity contribution in [3.8, 4) is 0 Å². The molecule has 0 spiro atoms. The van der Waals surface area contributed by atoms with Gasteiger partial charge in [0, 0.05) is 24.4 Å². The van der Waals surface area contributed by atoms with Crippen LogP contribution in [0.3, 0.4) is 0 Å². The maximum absolute atomic E-state index is 13.2. The van der Waals surface area contributed by atoms with Crippen molar-refractivity contribution >= 4 is 23.5 Å². The number of nitrogens with zero attached hydrogens (tertiary/aromatic N) is 1. The van der Waals surface area contributed by atoms with Crippen LogP contribution in [0.25, 0.3) is 0 Å². The summed E-state index contributed by atoms with van der Waals surface area (Å²) < 4.78 is 0. The molecular formula is C26H34N4O4. The van der Waals surface area contributed by atoms with Crippen LogP contribution in [0.1, 0.15) is 57.0 Å². The molecule has 3 N–H and O–H groups in total. The number of pyridine rings is 1. The van der Waals surface area contributed by atoms with Gasteiger partial charge in [-0.25, -0.2) is 0 Å². The Labute approximate surface area is 200 Å². The highest BCUT2D eigenvalue weighted by Gasteiger charge is 2.32. The van der Waals surface area contributed by atoms with Gasteiger partial charge in [0.15, 0.2) is 0 Å². The van der Waals surface area contributed by atoms with Crippen LogP contribution in [-0.2, 0) is 20.8 Å². The molecule has 2 unspecified atom stereocenters. The van der Waals surface area contributed by atoms with Crippen LogP contribution in [0, 0.1) is 5.92 Å². The van der Waals surface area contributed by atoms with E-state index >= 15 is 0 Å². The minimum Gasteiger partial charge on any atom is -0.345 e. The molecule has 8 heteroatoms. The van der Waals surface area contributed by atoms with Gasteiger partial charge in [-0.1, -0.05) is 44.2 Å². The SMILES string of the molecule is CC(C)CC(NC(=O)c1cccnc1)C(=O)NC(Cc1ccccc1)C(=O)C(=O)NC(C)(C)C. The van der Waals surface area contributed by atoms with Gasteiger partial charge in [0.2, 0.25) is 11.7 Å². The van der Waals surface area contributed by atoms with E-state index < -0.39 is 41.1 Å². The maximum atomic E-state index is 13.2. The summed E-state index contributed by atoms with van der Waals surface area (Å²) in [5.74, 6) is -2.38. The first-order valence-corrected chi connectivity index (χ1v) is 11.4. The summed E-state index contributed by atoms with van der Waals surface area (Å²) in [7, 11) is 0. The number of nitrogens with one attached hydrogen (secondary N) is 3. The molecular weight excluding hydrogens is 432 g/mol. The van der Waals surface area contributed by atoms with E-state index in [9.17, 15) is 19.2 Å². The molecule has 182 valence electrons. The van der Waals surface area contributed by atoms with Crippen molar-refractivity contribution in [2.45, 2.75) is 65.1 Å². The predicted octanol–water partition coefficient (Wildman–Crippen LogP) is 2.44. The van der Waals surface area contributed by atoms with E-state index in [-0.39, 0.29) is 12.3 Å². The van der Waals surface area contributed by atoms with Gasteiger partial charge in [-0.15, -0.1) is 0 Å². The van der Waals surface area contributed by atoms with Crippen LogP contribution in [0.15, 0.2) is 54.9 Å².